The molecule has 6 heteroatoms. The van der Waals surface area contributed by atoms with E-state index < -0.39 is 11.7 Å². The summed E-state index contributed by atoms with van der Waals surface area (Å²) in [4.78, 5) is 11.4. The molecule has 0 saturated heterocycles. The van der Waals surface area contributed by atoms with E-state index in [-0.39, 0.29) is 0 Å². The molecular formula is C23H28N4O2. The molecule has 152 valence electrons. The van der Waals surface area contributed by atoms with Crippen molar-refractivity contribution >= 4 is 6.09 Å². The summed E-state index contributed by atoms with van der Waals surface area (Å²) in [7, 11) is 0. The maximum absolute atomic E-state index is 11.4. The number of ether oxygens (including phenoxy) is 1. The molecule has 0 saturated carbocycles. The highest BCUT2D eigenvalue weighted by Crippen LogP contribution is 2.07. The van der Waals surface area contributed by atoms with Gasteiger partial charge in [0.15, 0.2) is 0 Å². The maximum Gasteiger partial charge on any atom is 0.407 e. The molecule has 2 aromatic rings. The summed E-state index contributed by atoms with van der Waals surface area (Å²) >= 11 is 0. The van der Waals surface area contributed by atoms with Crippen LogP contribution in [0.25, 0.3) is 0 Å². The first-order chi connectivity index (χ1) is 13.8. The van der Waals surface area contributed by atoms with E-state index in [2.05, 4.69) is 17.5 Å². The quantitative estimate of drug-likeness (QED) is 0.806. The zero-order valence-electron chi connectivity index (χ0n) is 17.2. The molecule has 0 aliphatic carbocycles. The van der Waals surface area contributed by atoms with Crippen molar-refractivity contribution in [3.63, 3.8) is 0 Å². The Labute approximate surface area is 172 Å². The van der Waals surface area contributed by atoms with Crippen molar-refractivity contribution in [2.45, 2.75) is 39.2 Å². The second-order valence-corrected chi connectivity index (χ2v) is 7.33. The van der Waals surface area contributed by atoms with Crippen molar-refractivity contribution < 1.29 is 9.53 Å². The predicted molar refractivity (Wildman–Crippen MR) is 113 cm³/mol. The molecule has 2 rings (SSSR count). The fraction of sp³-hybridized carbons (Fsp3) is 0.348. The van der Waals surface area contributed by atoms with Crippen molar-refractivity contribution in [3.8, 4) is 12.1 Å². The molecule has 2 aromatic carbocycles. The largest absolute Gasteiger partial charge is 0.444 e. The minimum atomic E-state index is -0.474. The van der Waals surface area contributed by atoms with Gasteiger partial charge >= 0.3 is 6.09 Å². The van der Waals surface area contributed by atoms with E-state index >= 15 is 0 Å². The van der Waals surface area contributed by atoms with E-state index in [1.165, 1.54) is 5.56 Å². The van der Waals surface area contributed by atoms with Crippen LogP contribution in [-0.2, 0) is 17.6 Å². The Morgan fingerprint density at radius 3 is 1.76 bits per heavy atom. The van der Waals surface area contributed by atoms with Gasteiger partial charge in [0.05, 0.1) is 23.3 Å². The summed E-state index contributed by atoms with van der Waals surface area (Å²) in [5.41, 5.74) is 8.49. The third-order valence-electron chi connectivity index (χ3n) is 3.68. The Morgan fingerprint density at radius 1 is 0.931 bits per heavy atom. The average Bonchev–Trinajstić information content (AvgIpc) is 2.68. The molecule has 0 unspecified atom stereocenters. The molecule has 29 heavy (non-hydrogen) atoms. The second kappa shape index (κ2) is 12.2. The van der Waals surface area contributed by atoms with E-state index in [0.717, 1.165) is 12.0 Å². The lowest BCUT2D eigenvalue weighted by atomic mass is 10.1. The van der Waals surface area contributed by atoms with Gasteiger partial charge in [0.1, 0.15) is 5.60 Å². The number of nitriles is 2. The van der Waals surface area contributed by atoms with E-state index in [4.69, 9.17) is 21.0 Å². The third kappa shape index (κ3) is 10.5. The number of nitrogens with one attached hydrogen (secondary N) is 1. The molecule has 3 N–H and O–H groups in total. The van der Waals surface area contributed by atoms with Gasteiger partial charge in [-0.25, -0.2) is 4.79 Å². The smallest absolute Gasteiger partial charge is 0.407 e. The van der Waals surface area contributed by atoms with E-state index in [1.54, 1.807) is 12.1 Å². The van der Waals surface area contributed by atoms with Crippen LogP contribution < -0.4 is 11.1 Å². The number of nitrogens with zero attached hydrogens (tertiary/aromatic N) is 2. The van der Waals surface area contributed by atoms with Crippen molar-refractivity contribution in [2.75, 3.05) is 13.1 Å². The number of alkyl carbamates (subject to hydrolysis) is 1. The monoisotopic (exact) mass is 392 g/mol. The van der Waals surface area contributed by atoms with Crippen LogP contribution in [0, 0.1) is 22.7 Å². The van der Waals surface area contributed by atoms with Gasteiger partial charge in [-0.1, -0.05) is 24.3 Å². The molecule has 0 aliphatic rings. The summed E-state index contributed by atoms with van der Waals surface area (Å²) in [5.74, 6) is 0. The lowest BCUT2D eigenvalue weighted by molar-refractivity contribution is 0.0528. The summed E-state index contributed by atoms with van der Waals surface area (Å²) in [5, 5.41) is 19.8. The molecule has 0 heterocycles. The molecule has 0 radical (unpaired) electrons. The number of rotatable bonds is 5. The van der Waals surface area contributed by atoms with Crippen molar-refractivity contribution in [1.82, 2.24) is 5.32 Å². The lowest BCUT2D eigenvalue weighted by Crippen LogP contribution is -2.33. The van der Waals surface area contributed by atoms with Crippen LogP contribution in [0.5, 0.6) is 0 Å². The fourth-order valence-corrected chi connectivity index (χ4v) is 2.28. The van der Waals surface area contributed by atoms with Crippen LogP contribution in [0.15, 0.2) is 48.5 Å². The Morgan fingerprint density at radius 2 is 1.38 bits per heavy atom. The molecule has 0 spiro atoms. The highest BCUT2D eigenvalue weighted by atomic mass is 16.6. The highest BCUT2D eigenvalue weighted by molar-refractivity contribution is 5.67. The summed E-state index contributed by atoms with van der Waals surface area (Å²) in [6.07, 6.45) is 1.19. The van der Waals surface area contributed by atoms with Gasteiger partial charge in [-0.3, -0.25) is 0 Å². The first-order valence-electron chi connectivity index (χ1n) is 9.42. The number of hydrogen-bond acceptors (Lipinski definition) is 5. The third-order valence-corrected chi connectivity index (χ3v) is 3.68. The number of amides is 1. The molecule has 1 amide bonds. The van der Waals surface area contributed by atoms with Gasteiger partial charge in [-0.05, 0) is 75.5 Å². The predicted octanol–water partition coefficient (Wildman–Crippen LogP) is 3.68. The first-order valence-corrected chi connectivity index (χ1v) is 9.42. The van der Waals surface area contributed by atoms with E-state index in [0.29, 0.717) is 30.6 Å². The standard InChI is InChI=1S/C14H18N2O2.C9H10N2/c1-14(2,3)18-13(17)16-9-8-11-4-6-12(10-15)7-5-11;10-6-5-8-1-3-9(7-11)4-2-8/h4-7H,8-9H2,1-3H3,(H,16,17);1-4H,5-6,10H2. The van der Waals surface area contributed by atoms with Crippen molar-refractivity contribution in [2.24, 2.45) is 5.73 Å². The lowest BCUT2D eigenvalue weighted by Gasteiger charge is -2.19. The molecule has 0 atom stereocenters. The number of carbonyl (C=O) groups excluding carboxylic acids is 1. The molecule has 6 nitrogen and oxygen atoms in total. The zero-order chi connectivity index (χ0) is 21.7. The van der Waals surface area contributed by atoms with Crippen LogP contribution in [-0.4, -0.2) is 24.8 Å². The Bertz CT molecular complexity index is 839. The van der Waals surface area contributed by atoms with Gasteiger partial charge in [-0.2, -0.15) is 10.5 Å². The first kappa shape index (κ1) is 23.7. The fourth-order valence-electron chi connectivity index (χ4n) is 2.28. The van der Waals surface area contributed by atoms with Crippen LogP contribution in [0.4, 0.5) is 4.79 Å². The van der Waals surface area contributed by atoms with E-state index in [1.807, 2.05) is 57.2 Å². The number of benzene rings is 2. The van der Waals surface area contributed by atoms with Crippen molar-refractivity contribution in [3.05, 3.63) is 70.8 Å². The Balaban J connectivity index is 0.000000326. The van der Waals surface area contributed by atoms with Crippen molar-refractivity contribution in [1.29, 1.82) is 10.5 Å². The minimum absolute atomic E-state index is 0.406. The molecule has 0 fully saturated rings. The normalized spacial score (nSPS) is 10.0. The molecule has 0 bridgehead atoms. The average molecular weight is 393 g/mol. The van der Waals surface area contributed by atoms with E-state index in [9.17, 15) is 4.79 Å². The molecule has 0 aliphatic heterocycles. The summed E-state index contributed by atoms with van der Waals surface area (Å²) in [6.45, 7) is 6.65. The van der Waals surface area contributed by atoms with Crippen LogP contribution in [0.3, 0.4) is 0 Å². The van der Waals surface area contributed by atoms with Crippen LogP contribution in [0.2, 0.25) is 0 Å². The Hall–Kier alpha value is -3.35. The van der Waals surface area contributed by atoms with Gasteiger partial charge in [0.25, 0.3) is 0 Å². The highest BCUT2D eigenvalue weighted by Gasteiger charge is 2.15. The number of nitrogens with two attached hydrogens (primary N) is 1. The van der Waals surface area contributed by atoms with Crippen LogP contribution in [0.1, 0.15) is 43.0 Å². The number of carbonyl (C=O) groups is 1. The topological polar surface area (TPSA) is 112 Å². The maximum atomic E-state index is 11.4. The Kier molecular flexibility index (Phi) is 9.95. The van der Waals surface area contributed by atoms with Crippen LogP contribution >= 0.6 is 0 Å². The van der Waals surface area contributed by atoms with Gasteiger partial charge in [-0.15, -0.1) is 0 Å². The number of hydrogen-bond donors (Lipinski definition) is 2. The summed E-state index contributed by atoms with van der Waals surface area (Å²) in [6, 6.07) is 18.9. The molecular weight excluding hydrogens is 364 g/mol. The zero-order valence-corrected chi connectivity index (χ0v) is 17.2. The summed E-state index contributed by atoms with van der Waals surface area (Å²) < 4.78 is 5.12. The van der Waals surface area contributed by atoms with Gasteiger partial charge in [0, 0.05) is 6.54 Å². The SMILES string of the molecule is CC(C)(C)OC(=O)NCCc1ccc(C#N)cc1.N#Cc1ccc(CCN)cc1. The second-order valence-electron chi connectivity index (χ2n) is 7.33. The van der Waals surface area contributed by atoms with Gasteiger partial charge < -0.3 is 15.8 Å². The minimum Gasteiger partial charge on any atom is -0.444 e. The van der Waals surface area contributed by atoms with Gasteiger partial charge in [0.2, 0.25) is 0 Å². The molecule has 0 aromatic heterocycles.